The van der Waals surface area contributed by atoms with Crippen LogP contribution in [0.1, 0.15) is 23.1 Å². The molecule has 0 radical (unpaired) electrons. The van der Waals surface area contributed by atoms with E-state index in [0.717, 1.165) is 24.8 Å². The largest absolute Gasteiger partial charge is 0.263 e. The van der Waals surface area contributed by atoms with Crippen molar-refractivity contribution < 1.29 is 0 Å². The summed E-state index contributed by atoms with van der Waals surface area (Å²) in [7, 11) is 0. The second-order valence-electron chi connectivity index (χ2n) is 3.98. The van der Waals surface area contributed by atoms with E-state index in [9.17, 15) is 0 Å². The second kappa shape index (κ2) is 5.81. The third-order valence-electron chi connectivity index (χ3n) is 2.79. The number of pyridine rings is 1. The number of hydrogen-bond donors (Lipinski definition) is 0. The van der Waals surface area contributed by atoms with Crippen LogP contribution in [0.25, 0.3) is 0 Å². The van der Waals surface area contributed by atoms with Crippen molar-refractivity contribution in [3.63, 3.8) is 0 Å². The standard InChI is InChI=1S/C15H14N2/c16-11-15-12-17-10-9-14(15)8-4-7-13-5-2-1-3-6-13/h1-3,5-6,9-10,12H,4,7-8H2. The predicted molar refractivity (Wildman–Crippen MR) is 67.4 cm³/mol. The average Bonchev–Trinajstić information content (AvgIpc) is 2.40. The second-order valence-corrected chi connectivity index (χ2v) is 3.98. The first-order valence-electron chi connectivity index (χ1n) is 5.77. The Hall–Kier alpha value is -2.14. The van der Waals surface area contributed by atoms with Crippen molar-refractivity contribution in [3.8, 4) is 6.07 Å². The lowest BCUT2D eigenvalue weighted by molar-refractivity contribution is 0.817. The van der Waals surface area contributed by atoms with E-state index in [1.807, 2.05) is 12.1 Å². The van der Waals surface area contributed by atoms with Crippen molar-refractivity contribution in [1.82, 2.24) is 4.98 Å². The quantitative estimate of drug-likeness (QED) is 0.796. The van der Waals surface area contributed by atoms with Gasteiger partial charge in [-0.05, 0) is 36.5 Å². The first-order valence-corrected chi connectivity index (χ1v) is 5.77. The highest BCUT2D eigenvalue weighted by atomic mass is 14.6. The third kappa shape index (κ3) is 3.15. The molecule has 2 rings (SSSR count). The Balaban J connectivity index is 1.93. The summed E-state index contributed by atoms with van der Waals surface area (Å²) in [6.07, 6.45) is 6.42. The minimum atomic E-state index is 0.695. The van der Waals surface area contributed by atoms with E-state index >= 15 is 0 Å². The molecule has 1 heterocycles. The Morgan fingerprint density at radius 3 is 2.65 bits per heavy atom. The van der Waals surface area contributed by atoms with Crippen LogP contribution in [0, 0.1) is 11.3 Å². The van der Waals surface area contributed by atoms with Gasteiger partial charge in [-0.15, -0.1) is 0 Å². The highest BCUT2D eigenvalue weighted by molar-refractivity contribution is 5.34. The van der Waals surface area contributed by atoms with E-state index in [2.05, 4.69) is 35.3 Å². The lowest BCUT2D eigenvalue weighted by Gasteiger charge is -2.03. The molecule has 84 valence electrons. The fraction of sp³-hybridized carbons (Fsp3) is 0.200. The van der Waals surface area contributed by atoms with Gasteiger partial charge in [-0.2, -0.15) is 5.26 Å². The van der Waals surface area contributed by atoms with Crippen LogP contribution in [-0.2, 0) is 12.8 Å². The first-order chi connectivity index (χ1) is 8.40. The molecule has 0 aliphatic heterocycles. The molecular weight excluding hydrogens is 208 g/mol. The Labute approximate surface area is 102 Å². The number of nitriles is 1. The van der Waals surface area contributed by atoms with Crippen molar-refractivity contribution >= 4 is 0 Å². The van der Waals surface area contributed by atoms with Crippen molar-refractivity contribution in [3.05, 3.63) is 65.5 Å². The van der Waals surface area contributed by atoms with Crippen LogP contribution in [0.2, 0.25) is 0 Å². The number of rotatable bonds is 4. The molecule has 17 heavy (non-hydrogen) atoms. The normalized spacial score (nSPS) is 9.82. The average molecular weight is 222 g/mol. The summed E-state index contributed by atoms with van der Waals surface area (Å²) in [5.41, 5.74) is 3.14. The summed E-state index contributed by atoms with van der Waals surface area (Å²) in [6, 6.07) is 14.5. The molecule has 1 aromatic carbocycles. The Kier molecular flexibility index (Phi) is 3.88. The number of nitrogens with zero attached hydrogens (tertiary/aromatic N) is 2. The third-order valence-corrected chi connectivity index (χ3v) is 2.79. The van der Waals surface area contributed by atoms with Gasteiger partial charge in [0, 0.05) is 12.4 Å². The van der Waals surface area contributed by atoms with Gasteiger partial charge in [0.1, 0.15) is 6.07 Å². The first kappa shape index (κ1) is 11.3. The van der Waals surface area contributed by atoms with Gasteiger partial charge in [0.05, 0.1) is 5.56 Å². The van der Waals surface area contributed by atoms with Crippen molar-refractivity contribution in [2.75, 3.05) is 0 Å². The predicted octanol–water partition coefficient (Wildman–Crippen LogP) is 3.13. The van der Waals surface area contributed by atoms with Crippen molar-refractivity contribution in [2.24, 2.45) is 0 Å². The molecule has 0 spiro atoms. The van der Waals surface area contributed by atoms with Gasteiger partial charge in [-0.25, -0.2) is 0 Å². The van der Waals surface area contributed by atoms with E-state index in [4.69, 9.17) is 5.26 Å². The monoisotopic (exact) mass is 222 g/mol. The minimum Gasteiger partial charge on any atom is -0.263 e. The summed E-state index contributed by atoms with van der Waals surface area (Å²) < 4.78 is 0. The molecule has 0 aliphatic carbocycles. The molecule has 0 N–H and O–H groups in total. The van der Waals surface area contributed by atoms with Gasteiger partial charge >= 0.3 is 0 Å². The lowest BCUT2D eigenvalue weighted by Crippen LogP contribution is -1.94. The van der Waals surface area contributed by atoms with Gasteiger partial charge < -0.3 is 0 Å². The highest BCUT2D eigenvalue weighted by Crippen LogP contribution is 2.11. The molecular formula is C15H14N2. The van der Waals surface area contributed by atoms with Crippen LogP contribution >= 0.6 is 0 Å². The maximum absolute atomic E-state index is 8.94. The summed E-state index contributed by atoms with van der Waals surface area (Å²) in [4.78, 5) is 3.96. The molecule has 0 saturated carbocycles. The van der Waals surface area contributed by atoms with Crippen LogP contribution in [0.15, 0.2) is 48.8 Å². The Morgan fingerprint density at radius 2 is 1.88 bits per heavy atom. The van der Waals surface area contributed by atoms with E-state index in [0.29, 0.717) is 5.56 Å². The van der Waals surface area contributed by atoms with Crippen LogP contribution in [0.3, 0.4) is 0 Å². The number of hydrogen-bond acceptors (Lipinski definition) is 2. The summed E-state index contributed by atoms with van der Waals surface area (Å²) in [5, 5.41) is 8.94. The summed E-state index contributed by atoms with van der Waals surface area (Å²) in [6.45, 7) is 0. The molecule has 0 fully saturated rings. The molecule has 0 bridgehead atoms. The Bertz CT molecular complexity index is 512. The maximum Gasteiger partial charge on any atom is 0.101 e. The molecule has 0 aliphatic rings. The molecule has 0 saturated heterocycles. The molecule has 2 nitrogen and oxygen atoms in total. The molecule has 2 heteroatoms. The van der Waals surface area contributed by atoms with Crippen molar-refractivity contribution in [2.45, 2.75) is 19.3 Å². The molecule has 0 amide bonds. The van der Waals surface area contributed by atoms with E-state index in [1.54, 1.807) is 12.4 Å². The van der Waals surface area contributed by atoms with Crippen LogP contribution < -0.4 is 0 Å². The number of benzene rings is 1. The van der Waals surface area contributed by atoms with Crippen molar-refractivity contribution in [1.29, 1.82) is 5.26 Å². The van der Waals surface area contributed by atoms with E-state index < -0.39 is 0 Å². The maximum atomic E-state index is 8.94. The van der Waals surface area contributed by atoms with Crippen LogP contribution in [-0.4, -0.2) is 4.98 Å². The zero-order valence-electron chi connectivity index (χ0n) is 9.63. The van der Waals surface area contributed by atoms with E-state index in [-0.39, 0.29) is 0 Å². The zero-order valence-corrected chi connectivity index (χ0v) is 9.63. The van der Waals surface area contributed by atoms with Crippen LogP contribution in [0.4, 0.5) is 0 Å². The molecule has 2 aromatic rings. The number of aromatic nitrogens is 1. The number of aryl methyl sites for hydroxylation is 2. The summed E-state index contributed by atoms with van der Waals surface area (Å²) >= 11 is 0. The topological polar surface area (TPSA) is 36.7 Å². The van der Waals surface area contributed by atoms with Gasteiger partial charge in [0.25, 0.3) is 0 Å². The van der Waals surface area contributed by atoms with Gasteiger partial charge in [0.15, 0.2) is 0 Å². The molecule has 0 unspecified atom stereocenters. The highest BCUT2D eigenvalue weighted by Gasteiger charge is 2.01. The molecule has 1 aromatic heterocycles. The van der Waals surface area contributed by atoms with Gasteiger partial charge in [-0.3, -0.25) is 4.98 Å². The minimum absolute atomic E-state index is 0.695. The fourth-order valence-electron chi connectivity index (χ4n) is 1.87. The Morgan fingerprint density at radius 1 is 1.06 bits per heavy atom. The summed E-state index contributed by atoms with van der Waals surface area (Å²) in [5.74, 6) is 0. The lowest BCUT2D eigenvalue weighted by atomic mass is 10.0. The van der Waals surface area contributed by atoms with E-state index in [1.165, 1.54) is 5.56 Å². The smallest absolute Gasteiger partial charge is 0.101 e. The van der Waals surface area contributed by atoms with Gasteiger partial charge in [0.2, 0.25) is 0 Å². The van der Waals surface area contributed by atoms with Crippen LogP contribution in [0.5, 0.6) is 0 Å². The fourth-order valence-corrected chi connectivity index (χ4v) is 1.87. The molecule has 0 atom stereocenters. The SMILES string of the molecule is N#Cc1cnccc1CCCc1ccccc1. The van der Waals surface area contributed by atoms with Gasteiger partial charge in [-0.1, -0.05) is 30.3 Å². The zero-order chi connectivity index (χ0) is 11.9.